The van der Waals surface area contributed by atoms with Crippen molar-refractivity contribution in [2.75, 3.05) is 6.61 Å². The number of nitrogens with zero attached hydrogens (tertiary/aromatic N) is 2. The Hall–Kier alpha value is -4.07. The predicted octanol–water partition coefficient (Wildman–Crippen LogP) is 7.89. The summed E-state index contributed by atoms with van der Waals surface area (Å²) in [6.45, 7) is 0.695. The number of amides is 1. The summed E-state index contributed by atoms with van der Waals surface area (Å²) in [5, 5.41) is 21.0. The third-order valence-electron chi connectivity index (χ3n) is 4.90. The Balaban J connectivity index is 1.80. The standard InChI is InChI=1S/C24H16ClF6N3O3S/c1-24(13-33,34-23(35)16-3-6-18(7-4-16)38(27,28,29,30)31)14-36-22-10-15(12-32)2-8-21(22)37-20-9-5-17(26)11-19(20)25/h2-11H,14H2,1H3,(H,34,35)/t24-/m0/s1. The fourth-order valence-electron chi connectivity index (χ4n) is 2.96. The van der Waals surface area contributed by atoms with Crippen molar-refractivity contribution in [3.63, 3.8) is 0 Å². The van der Waals surface area contributed by atoms with E-state index in [1.165, 1.54) is 31.2 Å². The van der Waals surface area contributed by atoms with E-state index >= 15 is 0 Å². The van der Waals surface area contributed by atoms with Gasteiger partial charge in [0.15, 0.2) is 17.0 Å². The molecular formula is C24H16ClF6N3O3S. The molecule has 0 unspecified atom stereocenters. The lowest BCUT2D eigenvalue weighted by Gasteiger charge is -2.40. The Labute approximate surface area is 217 Å². The van der Waals surface area contributed by atoms with Gasteiger partial charge < -0.3 is 14.8 Å². The second-order valence-corrected chi connectivity index (χ2v) is 10.9. The zero-order valence-electron chi connectivity index (χ0n) is 19.2. The topological polar surface area (TPSA) is 95.1 Å². The second kappa shape index (κ2) is 9.35. The van der Waals surface area contributed by atoms with Crippen LogP contribution in [0.25, 0.3) is 0 Å². The van der Waals surface area contributed by atoms with E-state index in [2.05, 4.69) is 5.32 Å². The van der Waals surface area contributed by atoms with E-state index in [9.17, 15) is 39.1 Å². The molecule has 0 heterocycles. The van der Waals surface area contributed by atoms with Crippen LogP contribution in [-0.4, -0.2) is 18.1 Å². The lowest BCUT2D eigenvalue weighted by Crippen LogP contribution is -2.49. The van der Waals surface area contributed by atoms with E-state index in [1.54, 1.807) is 6.07 Å². The highest BCUT2D eigenvalue weighted by Gasteiger charge is 2.65. The lowest BCUT2D eigenvalue weighted by atomic mass is 10.0. The third kappa shape index (κ3) is 7.03. The number of nitrogens with one attached hydrogen (secondary N) is 1. The zero-order chi connectivity index (χ0) is 28.4. The molecule has 0 spiro atoms. The molecule has 0 aliphatic carbocycles. The summed E-state index contributed by atoms with van der Waals surface area (Å²) in [4.78, 5) is 10.4. The van der Waals surface area contributed by atoms with Gasteiger partial charge in [-0.15, -0.1) is 0 Å². The summed E-state index contributed by atoms with van der Waals surface area (Å²) in [6, 6.07) is 12.3. The minimum Gasteiger partial charge on any atom is -0.486 e. The Bertz CT molecular complexity index is 1490. The van der Waals surface area contributed by atoms with Crippen molar-refractivity contribution < 1.29 is 38.1 Å². The highest BCUT2D eigenvalue weighted by molar-refractivity contribution is 8.45. The van der Waals surface area contributed by atoms with Gasteiger partial charge in [0.05, 0.1) is 22.7 Å². The summed E-state index contributed by atoms with van der Waals surface area (Å²) in [7, 11) is -9.92. The number of hydrogen-bond acceptors (Lipinski definition) is 5. The molecule has 3 aromatic rings. The van der Waals surface area contributed by atoms with Gasteiger partial charge >= 0.3 is 10.2 Å². The minimum atomic E-state index is -9.92. The lowest BCUT2D eigenvalue weighted by molar-refractivity contribution is 0.0900. The number of ether oxygens (including phenoxy) is 2. The Kier molecular flexibility index (Phi) is 7.01. The molecule has 1 N–H and O–H groups in total. The SMILES string of the molecule is C[C@](C#N)(COc1cc(C#N)ccc1Oc1ccc(F)cc1Cl)NC(=O)c1ccc(S(F)(F)(F)(F)F)cc1. The van der Waals surface area contributed by atoms with Crippen molar-refractivity contribution in [1.82, 2.24) is 5.32 Å². The quantitative estimate of drug-likeness (QED) is 0.276. The summed E-state index contributed by atoms with van der Waals surface area (Å²) >= 11 is 5.98. The van der Waals surface area contributed by atoms with Gasteiger partial charge in [-0.25, -0.2) is 4.39 Å². The molecule has 0 aliphatic heterocycles. The second-order valence-electron chi connectivity index (χ2n) is 8.13. The van der Waals surface area contributed by atoms with Crippen LogP contribution >= 0.6 is 21.8 Å². The first-order valence-corrected chi connectivity index (χ1v) is 12.6. The largest absolute Gasteiger partial charge is 0.486 e. The summed E-state index contributed by atoms with van der Waals surface area (Å²) in [5.41, 5.74) is -2.05. The van der Waals surface area contributed by atoms with Crippen LogP contribution in [0.4, 0.5) is 23.8 Å². The Morgan fingerprint density at radius 3 is 2.16 bits per heavy atom. The Morgan fingerprint density at radius 1 is 0.974 bits per heavy atom. The van der Waals surface area contributed by atoms with Crippen LogP contribution in [0.15, 0.2) is 65.6 Å². The minimum absolute atomic E-state index is 0.0238. The molecule has 0 fully saturated rings. The van der Waals surface area contributed by atoms with Crippen molar-refractivity contribution in [3.05, 3.63) is 82.6 Å². The fourth-order valence-corrected chi connectivity index (χ4v) is 3.81. The Morgan fingerprint density at radius 2 is 1.61 bits per heavy atom. The first-order valence-electron chi connectivity index (χ1n) is 10.3. The number of hydrogen-bond donors (Lipinski definition) is 1. The number of carbonyl (C=O) groups excluding carboxylic acids is 1. The van der Waals surface area contributed by atoms with Gasteiger partial charge in [0.2, 0.25) is 0 Å². The van der Waals surface area contributed by atoms with Crippen LogP contribution in [0.3, 0.4) is 0 Å². The molecule has 200 valence electrons. The highest BCUT2D eigenvalue weighted by Crippen LogP contribution is 3.02. The van der Waals surface area contributed by atoms with E-state index in [4.69, 9.17) is 21.1 Å². The molecule has 0 saturated carbocycles. The van der Waals surface area contributed by atoms with E-state index in [1.807, 2.05) is 6.07 Å². The molecule has 14 heteroatoms. The molecular weight excluding hydrogens is 560 g/mol. The molecule has 1 atom stereocenters. The van der Waals surface area contributed by atoms with Crippen molar-refractivity contribution in [2.24, 2.45) is 0 Å². The van der Waals surface area contributed by atoms with Gasteiger partial charge in [0.25, 0.3) is 5.91 Å². The van der Waals surface area contributed by atoms with Crippen molar-refractivity contribution in [1.29, 1.82) is 10.5 Å². The van der Waals surface area contributed by atoms with Gasteiger partial charge in [0, 0.05) is 11.6 Å². The molecule has 0 aromatic heterocycles. The molecule has 6 nitrogen and oxygen atoms in total. The maximum atomic E-state index is 13.3. The van der Waals surface area contributed by atoms with Gasteiger partial charge in [-0.05, 0) is 61.5 Å². The monoisotopic (exact) mass is 575 g/mol. The van der Waals surface area contributed by atoms with E-state index in [-0.39, 0.29) is 40.0 Å². The number of nitriles is 2. The van der Waals surface area contributed by atoms with E-state index in [0.717, 1.165) is 12.1 Å². The summed E-state index contributed by atoms with van der Waals surface area (Å²) in [5.74, 6) is -1.63. The van der Waals surface area contributed by atoms with Crippen LogP contribution in [0.1, 0.15) is 22.8 Å². The highest BCUT2D eigenvalue weighted by atomic mass is 35.5. The molecule has 0 aliphatic rings. The normalized spacial score (nSPS) is 14.6. The molecule has 38 heavy (non-hydrogen) atoms. The van der Waals surface area contributed by atoms with Gasteiger partial charge in [0.1, 0.15) is 23.1 Å². The van der Waals surface area contributed by atoms with Crippen LogP contribution in [0.2, 0.25) is 5.02 Å². The van der Waals surface area contributed by atoms with Crippen LogP contribution in [0, 0.1) is 28.5 Å². The molecule has 1 amide bonds. The number of carbonyl (C=O) groups is 1. The molecule has 0 saturated heterocycles. The van der Waals surface area contributed by atoms with Crippen LogP contribution in [-0.2, 0) is 0 Å². The number of rotatable bonds is 8. The third-order valence-corrected chi connectivity index (χ3v) is 6.36. The van der Waals surface area contributed by atoms with Crippen molar-refractivity contribution in [2.45, 2.75) is 17.4 Å². The van der Waals surface area contributed by atoms with Crippen molar-refractivity contribution >= 4 is 27.7 Å². The number of halogens is 7. The van der Waals surface area contributed by atoms with Gasteiger partial charge in [-0.1, -0.05) is 31.0 Å². The average Bonchev–Trinajstić information content (AvgIpc) is 2.83. The smallest absolute Gasteiger partial charge is 0.310 e. The first-order chi connectivity index (χ1) is 17.4. The summed E-state index contributed by atoms with van der Waals surface area (Å²) in [6.07, 6.45) is 0. The van der Waals surface area contributed by atoms with E-state index < -0.39 is 44.6 Å². The molecule has 3 aromatic carbocycles. The first kappa shape index (κ1) is 28.5. The number of benzene rings is 3. The maximum Gasteiger partial charge on any atom is 0.310 e. The summed E-state index contributed by atoms with van der Waals surface area (Å²) < 4.78 is 89.2. The molecule has 3 rings (SSSR count). The van der Waals surface area contributed by atoms with Gasteiger partial charge in [-0.3, -0.25) is 4.79 Å². The van der Waals surface area contributed by atoms with Gasteiger partial charge in [-0.2, -0.15) is 10.5 Å². The van der Waals surface area contributed by atoms with Crippen LogP contribution in [0.5, 0.6) is 17.2 Å². The fraction of sp³-hybridized carbons (Fsp3) is 0.125. The maximum absolute atomic E-state index is 13.3. The van der Waals surface area contributed by atoms with Crippen LogP contribution < -0.4 is 14.8 Å². The zero-order valence-corrected chi connectivity index (χ0v) is 20.7. The van der Waals surface area contributed by atoms with Crippen molar-refractivity contribution in [3.8, 4) is 29.4 Å². The predicted molar refractivity (Wildman–Crippen MR) is 127 cm³/mol. The average molecular weight is 576 g/mol. The molecule has 0 radical (unpaired) electrons. The molecule has 0 bridgehead atoms. The van der Waals surface area contributed by atoms with E-state index in [0.29, 0.717) is 12.1 Å².